The van der Waals surface area contributed by atoms with Gasteiger partial charge >= 0.3 is 5.97 Å². The van der Waals surface area contributed by atoms with Crippen molar-refractivity contribution in [2.45, 2.75) is 45.3 Å². The highest BCUT2D eigenvalue weighted by Gasteiger charge is 2.26. The van der Waals surface area contributed by atoms with E-state index < -0.39 is 17.6 Å². The zero-order valence-corrected chi connectivity index (χ0v) is 9.46. The van der Waals surface area contributed by atoms with Crippen LogP contribution in [-0.2, 0) is 9.53 Å². The van der Waals surface area contributed by atoms with E-state index in [1.165, 1.54) is 0 Å². The van der Waals surface area contributed by atoms with Crippen LogP contribution in [0.5, 0.6) is 0 Å². The Morgan fingerprint density at radius 2 is 2.14 bits per heavy atom. The Morgan fingerprint density at radius 1 is 1.57 bits per heavy atom. The highest BCUT2D eigenvalue weighted by molar-refractivity contribution is 5.73. The molecule has 0 bridgehead atoms. The van der Waals surface area contributed by atoms with Crippen LogP contribution in [0.25, 0.3) is 0 Å². The zero-order valence-electron chi connectivity index (χ0n) is 9.46. The average molecular weight is 203 g/mol. The van der Waals surface area contributed by atoms with Crippen molar-refractivity contribution in [2.75, 3.05) is 13.7 Å². The average Bonchev–Trinajstić information content (AvgIpc) is 2.12. The number of nitrogens with one attached hydrogen (secondary N) is 1. The first kappa shape index (κ1) is 13.4. The number of methoxy groups -OCH3 is 1. The second-order valence-electron chi connectivity index (χ2n) is 4.01. The van der Waals surface area contributed by atoms with E-state index in [9.17, 15) is 4.79 Å². The van der Waals surface area contributed by atoms with E-state index in [1.54, 1.807) is 7.11 Å². The highest BCUT2D eigenvalue weighted by atomic mass is 16.5. The normalized spacial score (nSPS) is 14.0. The molecule has 0 amide bonds. The van der Waals surface area contributed by atoms with Gasteiger partial charge in [-0.3, -0.25) is 4.79 Å². The fraction of sp³-hybridized carbons (Fsp3) is 0.900. The van der Waals surface area contributed by atoms with Crippen LogP contribution in [0, 0.1) is 0 Å². The Morgan fingerprint density at radius 3 is 2.50 bits per heavy atom. The van der Waals surface area contributed by atoms with Gasteiger partial charge in [0.1, 0.15) is 6.04 Å². The van der Waals surface area contributed by atoms with Gasteiger partial charge in [0.25, 0.3) is 0 Å². The van der Waals surface area contributed by atoms with Crippen LogP contribution >= 0.6 is 0 Å². The van der Waals surface area contributed by atoms with Crippen molar-refractivity contribution in [3.05, 3.63) is 0 Å². The lowest BCUT2D eigenvalue weighted by Crippen LogP contribution is -2.43. The molecule has 84 valence electrons. The molecule has 0 radical (unpaired) electrons. The summed E-state index contributed by atoms with van der Waals surface area (Å²) in [5.74, 6) is -0.816. The van der Waals surface area contributed by atoms with Crippen molar-refractivity contribution < 1.29 is 14.6 Å². The van der Waals surface area contributed by atoms with Gasteiger partial charge in [-0.1, -0.05) is 6.92 Å². The van der Waals surface area contributed by atoms with Crippen molar-refractivity contribution in [3.8, 4) is 0 Å². The van der Waals surface area contributed by atoms with Gasteiger partial charge in [-0.05, 0) is 26.8 Å². The lowest BCUT2D eigenvalue weighted by molar-refractivity contribution is -0.141. The molecule has 0 saturated carbocycles. The molecule has 0 aliphatic heterocycles. The minimum Gasteiger partial charge on any atom is -0.480 e. The zero-order chi connectivity index (χ0) is 11.2. The molecule has 0 aliphatic carbocycles. The maximum atomic E-state index is 10.9. The third-order valence-corrected chi connectivity index (χ3v) is 2.19. The molecule has 0 heterocycles. The SMILES string of the molecule is CCCNC(CC(C)(C)OC)C(=O)O. The molecule has 0 aromatic rings. The molecule has 0 rings (SSSR count). The van der Waals surface area contributed by atoms with Crippen LogP contribution in [-0.4, -0.2) is 36.4 Å². The summed E-state index contributed by atoms with van der Waals surface area (Å²) in [6.45, 7) is 6.50. The lowest BCUT2D eigenvalue weighted by Gasteiger charge is -2.26. The van der Waals surface area contributed by atoms with Crippen LogP contribution < -0.4 is 5.32 Å². The summed E-state index contributed by atoms with van der Waals surface area (Å²) in [6, 6.07) is -0.523. The van der Waals surface area contributed by atoms with E-state index in [1.807, 2.05) is 20.8 Å². The number of ether oxygens (including phenoxy) is 1. The van der Waals surface area contributed by atoms with E-state index in [0.717, 1.165) is 13.0 Å². The van der Waals surface area contributed by atoms with Gasteiger partial charge in [-0.25, -0.2) is 0 Å². The van der Waals surface area contributed by atoms with E-state index in [2.05, 4.69) is 5.32 Å². The Bertz CT molecular complexity index is 180. The van der Waals surface area contributed by atoms with Crippen LogP contribution in [0.1, 0.15) is 33.6 Å². The number of carboxylic acid groups (broad SMARTS) is 1. The number of carbonyl (C=O) groups is 1. The summed E-state index contributed by atoms with van der Waals surface area (Å²) >= 11 is 0. The van der Waals surface area contributed by atoms with E-state index >= 15 is 0 Å². The molecule has 0 fully saturated rings. The lowest BCUT2D eigenvalue weighted by atomic mass is 9.99. The van der Waals surface area contributed by atoms with Crippen molar-refractivity contribution in [1.82, 2.24) is 5.32 Å². The summed E-state index contributed by atoms with van der Waals surface area (Å²) in [4.78, 5) is 10.9. The van der Waals surface area contributed by atoms with Crippen molar-refractivity contribution in [3.63, 3.8) is 0 Å². The smallest absolute Gasteiger partial charge is 0.320 e. The first-order chi connectivity index (χ1) is 6.43. The Hall–Kier alpha value is -0.610. The molecule has 1 unspecified atom stereocenters. The highest BCUT2D eigenvalue weighted by Crippen LogP contribution is 2.15. The Balaban J connectivity index is 4.15. The van der Waals surface area contributed by atoms with Gasteiger partial charge in [0.05, 0.1) is 5.60 Å². The summed E-state index contributed by atoms with van der Waals surface area (Å²) < 4.78 is 5.19. The van der Waals surface area contributed by atoms with Crippen molar-refractivity contribution in [1.29, 1.82) is 0 Å². The molecule has 0 aromatic carbocycles. The summed E-state index contributed by atoms with van der Waals surface area (Å²) in [6.07, 6.45) is 1.40. The molecule has 2 N–H and O–H groups in total. The minimum absolute atomic E-state index is 0.399. The maximum Gasteiger partial charge on any atom is 0.320 e. The summed E-state index contributed by atoms with van der Waals surface area (Å²) in [5.41, 5.74) is -0.399. The predicted octanol–water partition coefficient (Wildman–Crippen LogP) is 1.25. The van der Waals surface area contributed by atoms with Gasteiger partial charge in [0.2, 0.25) is 0 Å². The van der Waals surface area contributed by atoms with Crippen molar-refractivity contribution in [2.24, 2.45) is 0 Å². The van der Waals surface area contributed by atoms with Crippen LogP contribution in [0.3, 0.4) is 0 Å². The predicted molar refractivity (Wildman–Crippen MR) is 55.4 cm³/mol. The van der Waals surface area contributed by atoms with Gasteiger partial charge in [-0.15, -0.1) is 0 Å². The number of aliphatic carboxylic acids is 1. The third-order valence-electron chi connectivity index (χ3n) is 2.19. The standard InChI is InChI=1S/C10H21NO3/c1-5-6-11-8(9(12)13)7-10(2,3)14-4/h8,11H,5-7H2,1-4H3,(H,12,13). The molecule has 0 aliphatic rings. The van der Waals surface area contributed by atoms with Gasteiger partial charge in [0, 0.05) is 13.5 Å². The fourth-order valence-electron chi connectivity index (χ4n) is 1.14. The second-order valence-corrected chi connectivity index (χ2v) is 4.01. The summed E-state index contributed by atoms with van der Waals surface area (Å²) in [5, 5.41) is 11.9. The number of hydrogen-bond acceptors (Lipinski definition) is 3. The fourth-order valence-corrected chi connectivity index (χ4v) is 1.14. The van der Waals surface area contributed by atoms with Gasteiger partial charge in [-0.2, -0.15) is 0 Å². The minimum atomic E-state index is -0.816. The Labute approximate surface area is 85.6 Å². The second kappa shape index (κ2) is 5.98. The molecule has 1 atom stereocenters. The molecular weight excluding hydrogens is 182 g/mol. The molecule has 4 heteroatoms. The third kappa shape index (κ3) is 5.19. The molecule has 14 heavy (non-hydrogen) atoms. The van der Waals surface area contributed by atoms with Crippen LogP contribution in [0.2, 0.25) is 0 Å². The first-order valence-corrected chi connectivity index (χ1v) is 4.94. The topological polar surface area (TPSA) is 58.6 Å². The monoisotopic (exact) mass is 203 g/mol. The van der Waals surface area contributed by atoms with Gasteiger partial charge in [0.15, 0.2) is 0 Å². The van der Waals surface area contributed by atoms with Crippen molar-refractivity contribution >= 4 is 5.97 Å². The van der Waals surface area contributed by atoms with Crippen LogP contribution in [0.15, 0.2) is 0 Å². The van der Waals surface area contributed by atoms with E-state index in [0.29, 0.717) is 6.42 Å². The van der Waals surface area contributed by atoms with E-state index in [4.69, 9.17) is 9.84 Å². The summed E-state index contributed by atoms with van der Waals surface area (Å²) in [7, 11) is 1.60. The van der Waals surface area contributed by atoms with E-state index in [-0.39, 0.29) is 0 Å². The molecule has 0 saturated heterocycles. The number of carboxylic acids is 1. The first-order valence-electron chi connectivity index (χ1n) is 4.94. The molecule has 0 aromatic heterocycles. The number of hydrogen-bond donors (Lipinski definition) is 2. The maximum absolute atomic E-state index is 10.9. The quantitative estimate of drug-likeness (QED) is 0.654. The Kier molecular flexibility index (Phi) is 5.72. The number of rotatable bonds is 7. The molecule has 0 spiro atoms. The van der Waals surface area contributed by atoms with Gasteiger partial charge < -0.3 is 15.2 Å². The van der Waals surface area contributed by atoms with Crippen LogP contribution in [0.4, 0.5) is 0 Å². The largest absolute Gasteiger partial charge is 0.480 e. The molecular formula is C10H21NO3. The molecule has 4 nitrogen and oxygen atoms in total.